The molecule has 0 saturated carbocycles. The van der Waals surface area contributed by atoms with E-state index in [-0.39, 0.29) is 10.6 Å². The highest BCUT2D eigenvalue weighted by molar-refractivity contribution is 7.92. The topological polar surface area (TPSA) is 62.3 Å². The molecular formula is C14H16FN3O2S. The molecule has 1 aromatic heterocycles. The zero-order chi connectivity index (χ0) is 15.5. The molecule has 0 saturated heterocycles. The minimum atomic E-state index is -3.76. The summed E-state index contributed by atoms with van der Waals surface area (Å²) >= 11 is 0. The van der Waals surface area contributed by atoms with E-state index in [0.717, 1.165) is 4.31 Å². The van der Waals surface area contributed by atoms with Gasteiger partial charge >= 0.3 is 0 Å². The van der Waals surface area contributed by atoms with E-state index in [1.54, 1.807) is 0 Å². The van der Waals surface area contributed by atoms with Crippen LogP contribution < -0.4 is 9.62 Å². The maximum Gasteiger partial charge on any atom is 0.264 e. The fourth-order valence-electron chi connectivity index (χ4n) is 1.82. The van der Waals surface area contributed by atoms with Crippen molar-refractivity contribution in [3.63, 3.8) is 0 Å². The lowest BCUT2D eigenvalue weighted by Gasteiger charge is -2.19. The van der Waals surface area contributed by atoms with E-state index in [1.165, 1.54) is 49.6 Å². The van der Waals surface area contributed by atoms with Gasteiger partial charge in [-0.05, 0) is 31.2 Å². The second kappa shape index (κ2) is 6.09. The molecule has 0 spiro atoms. The number of hydrogen-bond acceptors (Lipinski definition) is 4. The summed E-state index contributed by atoms with van der Waals surface area (Å²) in [5, 5.41) is 2.95. The summed E-state index contributed by atoms with van der Waals surface area (Å²) in [5.74, 6) is -0.0103. The number of hydrogen-bond donors (Lipinski definition) is 1. The number of aromatic nitrogens is 1. The molecule has 0 aliphatic rings. The van der Waals surface area contributed by atoms with Gasteiger partial charge in [0.25, 0.3) is 10.0 Å². The first-order valence-corrected chi connectivity index (χ1v) is 7.83. The summed E-state index contributed by atoms with van der Waals surface area (Å²) in [7, 11) is -2.38. The van der Waals surface area contributed by atoms with Gasteiger partial charge in [-0.15, -0.1) is 0 Å². The fourth-order valence-corrected chi connectivity index (χ4v) is 3.02. The lowest BCUT2D eigenvalue weighted by atomic mass is 10.3. The predicted molar refractivity (Wildman–Crippen MR) is 80.4 cm³/mol. The summed E-state index contributed by atoms with van der Waals surface area (Å²) in [6.07, 6.45) is 1.42. The maximum atomic E-state index is 13.2. The molecule has 5 nitrogen and oxygen atoms in total. The van der Waals surface area contributed by atoms with Crippen LogP contribution in [0.4, 0.5) is 15.9 Å². The number of sulfonamides is 1. The second-order valence-electron chi connectivity index (χ2n) is 4.36. The third-order valence-electron chi connectivity index (χ3n) is 2.92. The van der Waals surface area contributed by atoms with Crippen LogP contribution in [-0.4, -0.2) is 27.0 Å². The molecule has 112 valence electrons. The van der Waals surface area contributed by atoms with E-state index in [0.29, 0.717) is 12.4 Å². The number of anilines is 2. The van der Waals surface area contributed by atoms with Gasteiger partial charge in [0.05, 0.1) is 10.6 Å². The summed E-state index contributed by atoms with van der Waals surface area (Å²) in [6, 6.07) is 8.30. The van der Waals surface area contributed by atoms with Crippen molar-refractivity contribution in [1.82, 2.24) is 4.98 Å². The predicted octanol–water partition coefficient (Wildman–Crippen LogP) is 2.48. The zero-order valence-electron chi connectivity index (χ0n) is 11.7. The Kier molecular flexibility index (Phi) is 4.42. The summed E-state index contributed by atoms with van der Waals surface area (Å²) in [5.41, 5.74) is 0.261. The Morgan fingerprint density at radius 1 is 1.29 bits per heavy atom. The van der Waals surface area contributed by atoms with Crippen molar-refractivity contribution in [2.75, 3.05) is 23.2 Å². The highest BCUT2D eigenvalue weighted by Gasteiger charge is 2.22. The lowest BCUT2D eigenvalue weighted by molar-refractivity contribution is 0.594. The Morgan fingerprint density at radius 2 is 2.05 bits per heavy atom. The quantitative estimate of drug-likeness (QED) is 0.921. The Labute approximate surface area is 123 Å². The zero-order valence-corrected chi connectivity index (χ0v) is 12.6. The van der Waals surface area contributed by atoms with Crippen LogP contribution in [0.25, 0.3) is 0 Å². The molecule has 0 fully saturated rings. The number of rotatable bonds is 5. The van der Waals surface area contributed by atoms with Crippen molar-refractivity contribution < 1.29 is 12.8 Å². The highest BCUT2D eigenvalue weighted by Crippen LogP contribution is 2.23. The minimum Gasteiger partial charge on any atom is -0.370 e. The van der Waals surface area contributed by atoms with Gasteiger partial charge in [0.1, 0.15) is 11.6 Å². The van der Waals surface area contributed by atoms with Gasteiger partial charge in [-0.2, -0.15) is 0 Å². The van der Waals surface area contributed by atoms with E-state index in [9.17, 15) is 12.8 Å². The molecule has 0 aliphatic heterocycles. The molecule has 0 radical (unpaired) electrons. The molecule has 0 aliphatic carbocycles. The van der Waals surface area contributed by atoms with Crippen molar-refractivity contribution in [2.45, 2.75) is 11.8 Å². The van der Waals surface area contributed by atoms with Crippen molar-refractivity contribution in [2.24, 2.45) is 0 Å². The summed E-state index contributed by atoms with van der Waals surface area (Å²) in [6.45, 7) is 2.53. The first-order valence-electron chi connectivity index (χ1n) is 6.39. The molecular weight excluding hydrogens is 293 g/mol. The van der Waals surface area contributed by atoms with Gasteiger partial charge in [0.2, 0.25) is 0 Å². The molecule has 21 heavy (non-hydrogen) atoms. The second-order valence-corrected chi connectivity index (χ2v) is 6.33. The third kappa shape index (κ3) is 3.30. The standard InChI is InChI=1S/C14H16FN3O2S/c1-3-16-14-10-13(7-8-17-14)21(19,20)18(2)12-6-4-5-11(15)9-12/h4-10H,3H2,1-2H3,(H,16,17). The molecule has 1 aromatic carbocycles. The average molecular weight is 309 g/mol. The van der Waals surface area contributed by atoms with E-state index >= 15 is 0 Å². The Bertz CT molecular complexity index is 735. The lowest BCUT2D eigenvalue weighted by Crippen LogP contribution is -2.26. The van der Waals surface area contributed by atoms with E-state index in [2.05, 4.69) is 10.3 Å². The van der Waals surface area contributed by atoms with Gasteiger partial charge in [-0.3, -0.25) is 4.31 Å². The van der Waals surface area contributed by atoms with Crippen LogP contribution in [0.3, 0.4) is 0 Å². The number of nitrogens with zero attached hydrogens (tertiary/aromatic N) is 2. The monoisotopic (exact) mass is 309 g/mol. The van der Waals surface area contributed by atoms with Crippen LogP contribution in [0, 0.1) is 5.82 Å². The van der Waals surface area contributed by atoms with Gasteiger partial charge in [-0.25, -0.2) is 17.8 Å². The molecule has 0 unspecified atom stereocenters. The largest absolute Gasteiger partial charge is 0.370 e. The van der Waals surface area contributed by atoms with Crippen LogP contribution in [0.2, 0.25) is 0 Å². The van der Waals surface area contributed by atoms with Crippen LogP contribution in [-0.2, 0) is 10.0 Å². The first kappa shape index (κ1) is 15.2. The van der Waals surface area contributed by atoms with Gasteiger partial charge < -0.3 is 5.32 Å². The summed E-state index contributed by atoms with van der Waals surface area (Å²) < 4.78 is 39.4. The van der Waals surface area contributed by atoms with Gasteiger partial charge in [-0.1, -0.05) is 6.07 Å². The van der Waals surface area contributed by atoms with Gasteiger partial charge in [0.15, 0.2) is 0 Å². The maximum absolute atomic E-state index is 13.2. The van der Waals surface area contributed by atoms with Crippen molar-refractivity contribution in [3.05, 3.63) is 48.4 Å². The average Bonchev–Trinajstić information content (AvgIpc) is 2.47. The first-order chi connectivity index (χ1) is 9.95. The van der Waals surface area contributed by atoms with Crippen molar-refractivity contribution in [3.8, 4) is 0 Å². The third-order valence-corrected chi connectivity index (χ3v) is 4.70. The number of pyridine rings is 1. The molecule has 1 heterocycles. The van der Waals surface area contributed by atoms with Crippen LogP contribution in [0.15, 0.2) is 47.5 Å². The van der Waals surface area contributed by atoms with Crippen LogP contribution >= 0.6 is 0 Å². The molecule has 2 rings (SSSR count). The number of nitrogens with one attached hydrogen (secondary N) is 1. The molecule has 2 aromatic rings. The Hall–Kier alpha value is -2.15. The molecule has 0 amide bonds. The smallest absolute Gasteiger partial charge is 0.264 e. The SMILES string of the molecule is CCNc1cc(S(=O)(=O)N(C)c2cccc(F)c2)ccn1. The van der Waals surface area contributed by atoms with E-state index < -0.39 is 15.8 Å². The Balaban J connectivity index is 2.39. The number of halogens is 1. The molecule has 0 atom stereocenters. The van der Waals surface area contributed by atoms with Gasteiger partial charge in [0, 0.05) is 25.9 Å². The fraction of sp³-hybridized carbons (Fsp3) is 0.214. The molecule has 1 N–H and O–H groups in total. The van der Waals surface area contributed by atoms with E-state index in [1.807, 2.05) is 6.92 Å². The normalized spacial score (nSPS) is 11.2. The van der Waals surface area contributed by atoms with Crippen LogP contribution in [0.1, 0.15) is 6.92 Å². The van der Waals surface area contributed by atoms with Crippen molar-refractivity contribution in [1.29, 1.82) is 0 Å². The van der Waals surface area contributed by atoms with E-state index in [4.69, 9.17) is 0 Å². The Morgan fingerprint density at radius 3 is 2.71 bits per heavy atom. The number of benzene rings is 1. The highest BCUT2D eigenvalue weighted by atomic mass is 32.2. The summed E-state index contributed by atoms with van der Waals surface area (Å²) in [4.78, 5) is 4.13. The molecule has 0 bridgehead atoms. The minimum absolute atomic E-state index is 0.0974. The molecule has 7 heteroatoms. The van der Waals surface area contributed by atoms with Crippen LogP contribution in [0.5, 0.6) is 0 Å². The van der Waals surface area contributed by atoms with Crippen molar-refractivity contribution >= 4 is 21.5 Å².